The molecule has 0 aliphatic carbocycles. The zero-order valence-electron chi connectivity index (χ0n) is 10.5. The highest BCUT2D eigenvalue weighted by Crippen LogP contribution is 2.20. The zero-order chi connectivity index (χ0) is 13.5. The Labute approximate surface area is 106 Å². The Kier molecular flexibility index (Phi) is 5.87. The average Bonchev–Trinajstić information content (AvgIpc) is 2.27. The van der Waals surface area contributed by atoms with Gasteiger partial charge in [0.15, 0.2) is 0 Å². The highest BCUT2D eigenvalue weighted by atomic mass is 16.5. The van der Waals surface area contributed by atoms with E-state index >= 15 is 0 Å². The largest absolute Gasteiger partial charge is 0.481 e. The number of rotatable bonds is 7. The van der Waals surface area contributed by atoms with Crippen molar-refractivity contribution in [1.82, 2.24) is 9.80 Å². The van der Waals surface area contributed by atoms with Gasteiger partial charge in [-0.2, -0.15) is 0 Å². The normalized spacial score (nSPS) is 15.3. The Hall–Kier alpha value is -1.34. The summed E-state index contributed by atoms with van der Waals surface area (Å²) in [5.74, 6) is -0.788. The standard InChI is InChI=1S/C11H20N2O5/c1-18-5-3-12(2-4-14)11(17)13-7-9(8-13)6-10(15)16/h9,14H,2-8H2,1H3,(H,15,16). The molecular weight excluding hydrogens is 240 g/mol. The molecule has 0 aromatic carbocycles. The van der Waals surface area contributed by atoms with E-state index in [1.807, 2.05) is 0 Å². The number of aliphatic carboxylic acids is 1. The first-order chi connectivity index (χ1) is 8.58. The van der Waals surface area contributed by atoms with Crippen LogP contribution in [0.1, 0.15) is 6.42 Å². The minimum atomic E-state index is -0.835. The molecule has 7 nitrogen and oxygen atoms in total. The molecule has 0 unspecified atom stereocenters. The summed E-state index contributed by atoms with van der Waals surface area (Å²) in [7, 11) is 1.55. The number of carboxylic acid groups (broad SMARTS) is 1. The van der Waals surface area contributed by atoms with E-state index in [2.05, 4.69) is 0 Å². The Morgan fingerprint density at radius 3 is 2.56 bits per heavy atom. The van der Waals surface area contributed by atoms with Gasteiger partial charge in [0.2, 0.25) is 0 Å². The molecule has 1 aliphatic heterocycles. The van der Waals surface area contributed by atoms with E-state index in [4.69, 9.17) is 14.9 Å². The predicted octanol–water partition coefficient (Wildman–Crippen LogP) is -0.546. The second-order valence-corrected chi connectivity index (χ2v) is 4.35. The number of methoxy groups -OCH3 is 1. The van der Waals surface area contributed by atoms with E-state index in [0.717, 1.165) is 0 Å². The number of urea groups is 1. The minimum absolute atomic E-state index is 0.0462. The number of ether oxygens (including phenoxy) is 1. The van der Waals surface area contributed by atoms with Crippen LogP contribution in [-0.2, 0) is 9.53 Å². The molecule has 1 rings (SSSR count). The SMILES string of the molecule is COCCN(CCO)C(=O)N1CC(CC(=O)O)C1. The van der Waals surface area contributed by atoms with Gasteiger partial charge in [-0.15, -0.1) is 0 Å². The molecule has 0 aromatic heterocycles. The van der Waals surface area contributed by atoms with Crippen LogP contribution >= 0.6 is 0 Å². The topological polar surface area (TPSA) is 90.3 Å². The summed E-state index contributed by atoms with van der Waals surface area (Å²) in [6.45, 7) is 1.96. The molecule has 0 radical (unpaired) electrons. The van der Waals surface area contributed by atoms with Gasteiger partial charge >= 0.3 is 12.0 Å². The third-order valence-corrected chi connectivity index (χ3v) is 2.90. The number of carbonyl (C=O) groups excluding carboxylic acids is 1. The number of carboxylic acids is 1. The fraction of sp³-hybridized carbons (Fsp3) is 0.818. The van der Waals surface area contributed by atoms with Gasteiger partial charge in [-0.3, -0.25) is 4.79 Å². The highest BCUT2D eigenvalue weighted by Gasteiger charge is 2.34. The Bertz CT molecular complexity index is 291. The second kappa shape index (κ2) is 7.17. The lowest BCUT2D eigenvalue weighted by Gasteiger charge is -2.41. The molecule has 2 N–H and O–H groups in total. The summed E-state index contributed by atoms with van der Waals surface area (Å²) < 4.78 is 4.90. The number of aliphatic hydroxyl groups excluding tert-OH is 1. The van der Waals surface area contributed by atoms with Crippen molar-refractivity contribution in [1.29, 1.82) is 0 Å². The minimum Gasteiger partial charge on any atom is -0.481 e. The predicted molar refractivity (Wildman–Crippen MR) is 63.2 cm³/mol. The molecular formula is C11H20N2O5. The first-order valence-corrected chi connectivity index (χ1v) is 5.94. The molecule has 7 heteroatoms. The van der Waals surface area contributed by atoms with Crippen molar-refractivity contribution in [3.63, 3.8) is 0 Å². The van der Waals surface area contributed by atoms with E-state index in [1.165, 1.54) is 4.90 Å². The van der Waals surface area contributed by atoms with Crippen LogP contribution in [0.5, 0.6) is 0 Å². The molecule has 1 aliphatic rings. The molecule has 1 saturated heterocycles. The van der Waals surface area contributed by atoms with Crippen LogP contribution in [0.3, 0.4) is 0 Å². The van der Waals surface area contributed by atoms with Crippen molar-refractivity contribution in [2.45, 2.75) is 6.42 Å². The summed E-state index contributed by atoms with van der Waals surface area (Å²) in [5, 5.41) is 17.5. The van der Waals surface area contributed by atoms with Crippen molar-refractivity contribution in [2.24, 2.45) is 5.92 Å². The van der Waals surface area contributed by atoms with Crippen LogP contribution in [0.2, 0.25) is 0 Å². The van der Waals surface area contributed by atoms with E-state index in [1.54, 1.807) is 12.0 Å². The molecule has 0 bridgehead atoms. The number of aliphatic hydroxyl groups is 1. The monoisotopic (exact) mass is 260 g/mol. The second-order valence-electron chi connectivity index (χ2n) is 4.35. The van der Waals surface area contributed by atoms with Gasteiger partial charge in [-0.05, 0) is 0 Å². The Morgan fingerprint density at radius 1 is 1.39 bits per heavy atom. The number of likely N-dealkylation sites (tertiary alicyclic amines) is 1. The van der Waals surface area contributed by atoms with Gasteiger partial charge in [0.05, 0.1) is 19.6 Å². The van der Waals surface area contributed by atoms with Gasteiger partial charge in [0, 0.05) is 39.2 Å². The smallest absolute Gasteiger partial charge is 0.320 e. The lowest BCUT2D eigenvalue weighted by atomic mass is 9.97. The van der Waals surface area contributed by atoms with Gasteiger partial charge in [0.1, 0.15) is 0 Å². The fourth-order valence-electron chi connectivity index (χ4n) is 1.93. The summed E-state index contributed by atoms with van der Waals surface area (Å²) in [4.78, 5) is 25.6. The Balaban J connectivity index is 2.36. The van der Waals surface area contributed by atoms with Crippen LogP contribution in [-0.4, -0.2) is 78.5 Å². The Morgan fingerprint density at radius 2 is 2.06 bits per heavy atom. The van der Waals surface area contributed by atoms with Crippen molar-refractivity contribution in [3.05, 3.63) is 0 Å². The van der Waals surface area contributed by atoms with Crippen molar-refractivity contribution in [2.75, 3.05) is 46.5 Å². The van der Waals surface area contributed by atoms with Crippen LogP contribution in [0, 0.1) is 5.92 Å². The maximum Gasteiger partial charge on any atom is 0.320 e. The van der Waals surface area contributed by atoms with Crippen LogP contribution < -0.4 is 0 Å². The summed E-state index contributed by atoms with van der Waals surface area (Å²) >= 11 is 0. The molecule has 2 amide bonds. The summed E-state index contributed by atoms with van der Waals surface area (Å²) in [5.41, 5.74) is 0. The highest BCUT2D eigenvalue weighted by molar-refractivity contribution is 5.76. The molecule has 104 valence electrons. The summed E-state index contributed by atoms with van der Waals surface area (Å²) in [6.07, 6.45) is 0.0991. The van der Waals surface area contributed by atoms with Gasteiger partial charge in [-0.1, -0.05) is 0 Å². The fourth-order valence-corrected chi connectivity index (χ4v) is 1.93. The first-order valence-electron chi connectivity index (χ1n) is 5.94. The van der Waals surface area contributed by atoms with E-state index < -0.39 is 5.97 Å². The molecule has 0 aromatic rings. The third kappa shape index (κ3) is 4.15. The number of nitrogens with zero attached hydrogens (tertiary/aromatic N) is 2. The van der Waals surface area contributed by atoms with E-state index in [0.29, 0.717) is 26.2 Å². The van der Waals surface area contributed by atoms with E-state index in [9.17, 15) is 9.59 Å². The van der Waals surface area contributed by atoms with Gasteiger partial charge < -0.3 is 24.7 Å². The molecule has 0 atom stereocenters. The van der Waals surface area contributed by atoms with Crippen LogP contribution in [0.25, 0.3) is 0 Å². The maximum atomic E-state index is 12.0. The molecule has 1 fully saturated rings. The van der Waals surface area contributed by atoms with Crippen molar-refractivity contribution >= 4 is 12.0 Å². The quantitative estimate of drug-likeness (QED) is 0.641. The molecule has 18 heavy (non-hydrogen) atoms. The summed E-state index contributed by atoms with van der Waals surface area (Å²) in [6, 6.07) is -0.164. The van der Waals surface area contributed by atoms with Crippen molar-refractivity contribution < 1.29 is 24.5 Å². The lowest BCUT2D eigenvalue weighted by Crippen LogP contribution is -2.56. The first kappa shape index (κ1) is 14.7. The van der Waals surface area contributed by atoms with E-state index in [-0.39, 0.29) is 31.5 Å². The lowest BCUT2D eigenvalue weighted by molar-refractivity contribution is -0.139. The molecule has 0 saturated carbocycles. The molecule has 0 spiro atoms. The third-order valence-electron chi connectivity index (χ3n) is 2.90. The average molecular weight is 260 g/mol. The van der Waals surface area contributed by atoms with Gasteiger partial charge in [-0.25, -0.2) is 4.79 Å². The van der Waals surface area contributed by atoms with Crippen LogP contribution in [0.15, 0.2) is 0 Å². The number of amides is 2. The number of hydrogen-bond acceptors (Lipinski definition) is 4. The van der Waals surface area contributed by atoms with Gasteiger partial charge in [0.25, 0.3) is 0 Å². The maximum absolute atomic E-state index is 12.0. The molecule has 1 heterocycles. The zero-order valence-corrected chi connectivity index (χ0v) is 10.5. The number of carbonyl (C=O) groups is 2. The van der Waals surface area contributed by atoms with Crippen molar-refractivity contribution in [3.8, 4) is 0 Å². The number of hydrogen-bond donors (Lipinski definition) is 2. The van der Waals surface area contributed by atoms with Crippen LogP contribution in [0.4, 0.5) is 4.79 Å².